The molecule has 0 bridgehead atoms. The first kappa shape index (κ1) is 21.0. The van der Waals surface area contributed by atoms with Gasteiger partial charge in [-0.15, -0.1) is 0 Å². The molecule has 2 heterocycles. The van der Waals surface area contributed by atoms with Gasteiger partial charge in [-0.25, -0.2) is 4.98 Å². The fourth-order valence-electron chi connectivity index (χ4n) is 3.78. The van der Waals surface area contributed by atoms with E-state index in [4.69, 9.17) is 0 Å². The van der Waals surface area contributed by atoms with Crippen LogP contribution >= 0.6 is 0 Å². The molecule has 0 radical (unpaired) electrons. The van der Waals surface area contributed by atoms with Crippen LogP contribution in [0.15, 0.2) is 97.6 Å². The van der Waals surface area contributed by atoms with Crippen LogP contribution in [0.25, 0.3) is 27.8 Å². The molecule has 0 aliphatic carbocycles. The highest BCUT2D eigenvalue weighted by atomic mass is 16.6. The van der Waals surface area contributed by atoms with Crippen molar-refractivity contribution in [2.45, 2.75) is 6.54 Å². The predicted octanol–water partition coefficient (Wildman–Crippen LogP) is 4.93. The number of hydrogen-bond acceptors (Lipinski definition) is 5. The number of carbonyl (C=O) groups is 1. The van der Waals surface area contributed by atoms with Crippen LogP contribution in [0, 0.1) is 10.1 Å². The van der Waals surface area contributed by atoms with Crippen molar-refractivity contribution >= 4 is 22.6 Å². The Morgan fingerprint density at radius 3 is 2.59 bits per heavy atom. The molecule has 5 rings (SSSR count). The van der Waals surface area contributed by atoms with Gasteiger partial charge in [0.25, 0.3) is 11.6 Å². The Morgan fingerprint density at radius 2 is 1.79 bits per heavy atom. The minimum absolute atomic E-state index is 0.0466. The zero-order valence-corrected chi connectivity index (χ0v) is 18.0. The molecule has 0 fully saturated rings. The quantitative estimate of drug-likeness (QED) is 0.293. The molecule has 2 aromatic heterocycles. The van der Waals surface area contributed by atoms with Crippen LogP contribution in [0.2, 0.25) is 0 Å². The van der Waals surface area contributed by atoms with Crippen molar-refractivity contribution in [3.8, 4) is 16.8 Å². The molecule has 1 N–H and O–H groups in total. The SMILES string of the molecule is O=C(NCc1cccnc1)c1ccc2c(c1)ncn2-c1cccc(-c2cccc([N+](=O)[O-])c2)c1. The zero-order chi connectivity index (χ0) is 23.5. The van der Waals surface area contributed by atoms with Crippen LogP contribution in [0.5, 0.6) is 0 Å². The van der Waals surface area contributed by atoms with Crippen molar-refractivity contribution in [3.05, 3.63) is 119 Å². The van der Waals surface area contributed by atoms with Gasteiger partial charge in [-0.2, -0.15) is 0 Å². The fraction of sp³-hybridized carbons (Fsp3) is 0.0385. The lowest BCUT2D eigenvalue weighted by molar-refractivity contribution is -0.384. The summed E-state index contributed by atoms with van der Waals surface area (Å²) < 4.78 is 1.92. The number of hydrogen-bond donors (Lipinski definition) is 1. The zero-order valence-electron chi connectivity index (χ0n) is 18.0. The molecule has 0 aliphatic heterocycles. The molecule has 3 aromatic carbocycles. The van der Waals surface area contributed by atoms with Crippen molar-refractivity contribution in [1.82, 2.24) is 19.9 Å². The number of fused-ring (bicyclic) bond motifs is 1. The van der Waals surface area contributed by atoms with Crippen LogP contribution in [0.1, 0.15) is 15.9 Å². The number of nitro groups is 1. The average molecular weight is 449 g/mol. The van der Waals surface area contributed by atoms with E-state index in [1.54, 1.807) is 43.0 Å². The van der Waals surface area contributed by atoms with E-state index in [2.05, 4.69) is 15.3 Å². The van der Waals surface area contributed by atoms with E-state index < -0.39 is 4.92 Å². The number of carbonyl (C=O) groups excluding carboxylic acids is 1. The number of amides is 1. The highest BCUT2D eigenvalue weighted by molar-refractivity contribution is 5.97. The number of benzene rings is 3. The number of nitrogens with zero attached hydrogens (tertiary/aromatic N) is 4. The van der Waals surface area contributed by atoms with E-state index in [0.717, 1.165) is 27.9 Å². The van der Waals surface area contributed by atoms with Gasteiger partial charge in [-0.1, -0.05) is 30.3 Å². The van der Waals surface area contributed by atoms with Crippen molar-refractivity contribution in [1.29, 1.82) is 0 Å². The van der Waals surface area contributed by atoms with Gasteiger partial charge in [0.05, 0.1) is 16.0 Å². The van der Waals surface area contributed by atoms with Gasteiger partial charge in [0.15, 0.2) is 0 Å². The summed E-state index contributed by atoms with van der Waals surface area (Å²) in [6.45, 7) is 0.392. The minimum Gasteiger partial charge on any atom is -0.348 e. The molecule has 5 aromatic rings. The maximum absolute atomic E-state index is 12.6. The molecular formula is C26H19N5O3. The Kier molecular flexibility index (Phi) is 5.53. The third-order valence-corrected chi connectivity index (χ3v) is 5.50. The second-order valence-electron chi connectivity index (χ2n) is 7.72. The molecule has 0 aliphatic rings. The van der Waals surface area contributed by atoms with Crippen molar-refractivity contribution < 1.29 is 9.72 Å². The Bertz CT molecular complexity index is 1510. The molecule has 166 valence electrons. The van der Waals surface area contributed by atoms with Crippen LogP contribution in [0.4, 0.5) is 5.69 Å². The van der Waals surface area contributed by atoms with E-state index in [0.29, 0.717) is 17.6 Å². The minimum atomic E-state index is -0.402. The van der Waals surface area contributed by atoms with E-state index >= 15 is 0 Å². The van der Waals surface area contributed by atoms with Crippen LogP contribution in [0.3, 0.4) is 0 Å². The van der Waals surface area contributed by atoms with Crippen molar-refractivity contribution in [2.75, 3.05) is 0 Å². The average Bonchev–Trinajstić information content (AvgIpc) is 3.31. The molecule has 0 saturated heterocycles. The van der Waals surface area contributed by atoms with Crippen LogP contribution in [-0.2, 0) is 6.54 Å². The van der Waals surface area contributed by atoms with E-state index in [9.17, 15) is 14.9 Å². The van der Waals surface area contributed by atoms with Gasteiger partial charge in [0, 0.05) is 42.3 Å². The molecule has 0 saturated carbocycles. The standard InChI is InChI=1S/C26H19N5O3/c32-26(28-16-18-4-3-11-27-15-18)21-9-10-25-24(14-21)29-17-30(25)22-7-1-5-19(12-22)20-6-2-8-23(13-20)31(33)34/h1-15,17H,16H2,(H,28,32). The van der Waals surface area contributed by atoms with E-state index in [1.165, 1.54) is 6.07 Å². The molecule has 8 heteroatoms. The Balaban J connectivity index is 1.41. The van der Waals surface area contributed by atoms with Gasteiger partial charge >= 0.3 is 0 Å². The molecule has 34 heavy (non-hydrogen) atoms. The smallest absolute Gasteiger partial charge is 0.270 e. The van der Waals surface area contributed by atoms with Crippen molar-refractivity contribution in [3.63, 3.8) is 0 Å². The molecule has 0 unspecified atom stereocenters. The third-order valence-electron chi connectivity index (χ3n) is 5.50. The van der Waals surface area contributed by atoms with E-state index in [1.807, 2.05) is 53.1 Å². The number of rotatable bonds is 6. The molecule has 1 amide bonds. The first-order valence-corrected chi connectivity index (χ1v) is 10.6. The van der Waals surface area contributed by atoms with Gasteiger partial charge in [0.2, 0.25) is 0 Å². The number of nitrogens with one attached hydrogen (secondary N) is 1. The summed E-state index contributed by atoms with van der Waals surface area (Å²) in [6, 6.07) is 23.4. The maximum atomic E-state index is 12.6. The third kappa shape index (κ3) is 4.24. The lowest BCUT2D eigenvalue weighted by Crippen LogP contribution is -2.22. The summed E-state index contributed by atoms with van der Waals surface area (Å²) in [5.41, 5.74) is 5.50. The first-order valence-electron chi connectivity index (χ1n) is 10.6. The predicted molar refractivity (Wildman–Crippen MR) is 129 cm³/mol. The highest BCUT2D eigenvalue weighted by Crippen LogP contribution is 2.27. The summed E-state index contributed by atoms with van der Waals surface area (Å²) in [5.74, 6) is -0.187. The second kappa shape index (κ2) is 8.95. The van der Waals surface area contributed by atoms with E-state index in [-0.39, 0.29) is 11.6 Å². The summed E-state index contributed by atoms with van der Waals surface area (Å²) in [6.07, 6.45) is 5.11. The number of pyridine rings is 1. The molecule has 0 atom stereocenters. The summed E-state index contributed by atoms with van der Waals surface area (Å²) in [5, 5.41) is 14.0. The second-order valence-corrected chi connectivity index (χ2v) is 7.72. The van der Waals surface area contributed by atoms with Crippen molar-refractivity contribution in [2.24, 2.45) is 0 Å². The molecule has 0 spiro atoms. The lowest BCUT2D eigenvalue weighted by atomic mass is 10.0. The van der Waals surface area contributed by atoms with Crippen LogP contribution < -0.4 is 5.32 Å². The number of imidazole rings is 1. The summed E-state index contributed by atoms with van der Waals surface area (Å²) in [4.78, 5) is 31.9. The van der Waals surface area contributed by atoms with Crippen LogP contribution in [-0.4, -0.2) is 25.4 Å². The maximum Gasteiger partial charge on any atom is 0.270 e. The Hall–Kier alpha value is -4.85. The van der Waals surface area contributed by atoms with Gasteiger partial charge in [0.1, 0.15) is 6.33 Å². The highest BCUT2D eigenvalue weighted by Gasteiger charge is 2.12. The first-order chi connectivity index (χ1) is 16.6. The molecule has 8 nitrogen and oxygen atoms in total. The normalized spacial score (nSPS) is 10.8. The monoisotopic (exact) mass is 449 g/mol. The molecular weight excluding hydrogens is 430 g/mol. The topological polar surface area (TPSA) is 103 Å². The summed E-state index contributed by atoms with van der Waals surface area (Å²) in [7, 11) is 0. The number of non-ortho nitro benzene ring substituents is 1. The van der Waals surface area contributed by atoms with Gasteiger partial charge < -0.3 is 5.32 Å². The fourth-order valence-corrected chi connectivity index (χ4v) is 3.78. The Morgan fingerprint density at radius 1 is 0.971 bits per heavy atom. The number of aromatic nitrogens is 3. The van der Waals surface area contributed by atoms with Gasteiger partial charge in [-0.05, 0) is 53.1 Å². The Labute approximate surface area is 194 Å². The summed E-state index contributed by atoms with van der Waals surface area (Å²) >= 11 is 0. The largest absolute Gasteiger partial charge is 0.348 e. The van der Waals surface area contributed by atoms with Gasteiger partial charge in [-0.3, -0.25) is 24.5 Å². The number of nitro benzene ring substituents is 1. The lowest BCUT2D eigenvalue weighted by Gasteiger charge is -2.09.